The van der Waals surface area contributed by atoms with Crippen molar-refractivity contribution < 1.29 is 4.79 Å². The molecular formula is C20H29N3O2. The molecule has 0 spiro atoms. The van der Waals surface area contributed by atoms with E-state index < -0.39 is 0 Å². The molecule has 0 saturated carbocycles. The summed E-state index contributed by atoms with van der Waals surface area (Å²) in [6, 6.07) is 7.64. The van der Waals surface area contributed by atoms with Crippen molar-refractivity contribution in [3.63, 3.8) is 0 Å². The zero-order chi connectivity index (χ0) is 18.2. The van der Waals surface area contributed by atoms with Crippen molar-refractivity contribution in [1.29, 1.82) is 0 Å². The lowest BCUT2D eigenvalue weighted by Crippen LogP contribution is -2.42. The number of benzene rings is 1. The summed E-state index contributed by atoms with van der Waals surface area (Å²) in [6.07, 6.45) is 6.55. The molecule has 0 aliphatic carbocycles. The van der Waals surface area contributed by atoms with Crippen LogP contribution < -0.4 is 5.56 Å². The molecule has 0 radical (unpaired) electrons. The standard InChI is InChI=1S/C20H29N3O2/c1-4-6-9-13-22(16(3)10-5-2)20(25)15-23-18-12-8-7-11-17(18)21-14-19(23)24/h7-8,11-12,14,16H,4-6,9-10,13,15H2,1-3H3. The zero-order valence-corrected chi connectivity index (χ0v) is 15.6. The maximum atomic E-state index is 13.0. The first-order valence-electron chi connectivity index (χ1n) is 9.32. The van der Waals surface area contributed by atoms with E-state index in [1.54, 1.807) is 0 Å². The molecule has 1 heterocycles. The van der Waals surface area contributed by atoms with Gasteiger partial charge < -0.3 is 4.90 Å². The van der Waals surface area contributed by atoms with Crippen LogP contribution in [-0.2, 0) is 11.3 Å². The third-order valence-electron chi connectivity index (χ3n) is 4.61. The quantitative estimate of drug-likeness (QED) is 0.654. The van der Waals surface area contributed by atoms with Gasteiger partial charge in [0, 0.05) is 12.6 Å². The highest BCUT2D eigenvalue weighted by atomic mass is 16.2. The van der Waals surface area contributed by atoms with Crippen LogP contribution in [0.15, 0.2) is 35.3 Å². The minimum Gasteiger partial charge on any atom is -0.338 e. The lowest BCUT2D eigenvalue weighted by molar-refractivity contribution is -0.134. The van der Waals surface area contributed by atoms with E-state index in [4.69, 9.17) is 0 Å². The van der Waals surface area contributed by atoms with Crippen LogP contribution in [0.4, 0.5) is 0 Å². The van der Waals surface area contributed by atoms with E-state index in [1.165, 1.54) is 10.8 Å². The fourth-order valence-corrected chi connectivity index (χ4v) is 3.20. The van der Waals surface area contributed by atoms with Gasteiger partial charge in [-0.3, -0.25) is 14.2 Å². The highest BCUT2D eigenvalue weighted by molar-refractivity contribution is 5.80. The third-order valence-corrected chi connectivity index (χ3v) is 4.61. The molecule has 1 unspecified atom stereocenters. The molecule has 0 saturated heterocycles. The van der Waals surface area contributed by atoms with Crippen LogP contribution in [-0.4, -0.2) is 32.9 Å². The number of hydrogen-bond donors (Lipinski definition) is 0. The van der Waals surface area contributed by atoms with Gasteiger partial charge in [-0.15, -0.1) is 0 Å². The van der Waals surface area contributed by atoms with Gasteiger partial charge in [-0.25, -0.2) is 4.98 Å². The molecule has 136 valence electrons. The second-order valence-electron chi connectivity index (χ2n) is 6.60. The molecule has 1 atom stereocenters. The summed E-state index contributed by atoms with van der Waals surface area (Å²) in [5, 5.41) is 0. The fourth-order valence-electron chi connectivity index (χ4n) is 3.20. The van der Waals surface area contributed by atoms with Gasteiger partial charge in [-0.05, 0) is 31.9 Å². The Morgan fingerprint density at radius 1 is 1.20 bits per heavy atom. The molecule has 5 nitrogen and oxygen atoms in total. The minimum absolute atomic E-state index is 0.00973. The smallest absolute Gasteiger partial charge is 0.269 e. The summed E-state index contributed by atoms with van der Waals surface area (Å²) in [5.41, 5.74) is 1.21. The summed E-state index contributed by atoms with van der Waals surface area (Å²) in [7, 11) is 0. The number of nitrogens with zero attached hydrogens (tertiary/aromatic N) is 3. The number of rotatable bonds is 9. The monoisotopic (exact) mass is 343 g/mol. The molecule has 0 bridgehead atoms. The van der Waals surface area contributed by atoms with Crippen molar-refractivity contribution >= 4 is 16.9 Å². The van der Waals surface area contributed by atoms with E-state index in [1.807, 2.05) is 29.2 Å². The van der Waals surface area contributed by atoms with Gasteiger partial charge in [0.1, 0.15) is 6.54 Å². The van der Waals surface area contributed by atoms with Crippen LogP contribution in [0.25, 0.3) is 11.0 Å². The van der Waals surface area contributed by atoms with E-state index in [-0.39, 0.29) is 24.1 Å². The van der Waals surface area contributed by atoms with E-state index in [2.05, 4.69) is 25.8 Å². The first-order valence-corrected chi connectivity index (χ1v) is 9.32. The predicted molar refractivity (Wildman–Crippen MR) is 102 cm³/mol. The predicted octanol–water partition coefficient (Wildman–Crippen LogP) is 3.60. The highest BCUT2D eigenvalue weighted by Gasteiger charge is 2.20. The van der Waals surface area contributed by atoms with Crippen LogP contribution in [0, 0.1) is 0 Å². The maximum Gasteiger partial charge on any atom is 0.269 e. The number of amides is 1. The Labute approximate surface area is 149 Å². The molecule has 5 heteroatoms. The number of hydrogen-bond acceptors (Lipinski definition) is 3. The van der Waals surface area contributed by atoms with E-state index >= 15 is 0 Å². The number of aromatic nitrogens is 2. The van der Waals surface area contributed by atoms with Gasteiger partial charge in [0.2, 0.25) is 5.91 Å². The van der Waals surface area contributed by atoms with Crippen molar-refractivity contribution in [2.24, 2.45) is 0 Å². The second kappa shape index (κ2) is 9.35. The molecule has 0 aliphatic heterocycles. The van der Waals surface area contributed by atoms with Crippen LogP contribution in [0.3, 0.4) is 0 Å². The number of carbonyl (C=O) groups excluding carboxylic acids is 1. The number of para-hydroxylation sites is 2. The lowest BCUT2D eigenvalue weighted by atomic mass is 10.1. The largest absolute Gasteiger partial charge is 0.338 e. The number of fused-ring (bicyclic) bond motifs is 1. The van der Waals surface area contributed by atoms with Crippen molar-refractivity contribution in [1.82, 2.24) is 14.5 Å². The minimum atomic E-state index is -0.233. The molecule has 1 amide bonds. The zero-order valence-electron chi connectivity index (χ0n) is 15.6. The van der Waals surface area contributed by atoms with Gasteiger partial charge in [0.05, 0.1) is 17.2 Å². The molecule has 25 heavy (non-hydrogen) atoms. The van der Waals surface area contributed by atoms with Gasteiger partial charge in [-0.1, -0.05) is 45.2 Å². The SMILES string of the molecule is CCCCCN(C(=O)Cn1c(=O)cnc2ccccc21)C(C)CCC. The first kappa shape index (κ1) is 19.2. The summed E-state index contributed by atoms with van der Waals surface area (Å²) in [5.74, 6) is 0.00973. The summed E-state index contributed by atoms with van der Waals surface area (Å²) < 4.78 is 1.54. The molecule has 0 N–H and O–H groups in total. The second-order valence-corrected chi connectivity index (χ2v) is 6.60. The van der Waals surface area contributed by atoms with Gasteiger partial charge in [0.25, 0.3) is 5.56 Å². The van der Waals surface area contributed by atoms with Gasteiger partial charge in [-0.2, -0.15) is 0 Å². The third kappa shape index (κ3) is 4.91. The Balaban J connectivity index is 2.25. The van der Waals surface area contributed by atoms with Gasteiger partial charge >= 0.3 is 0 Å². The van der Waals surface area contributed by atoms with E-state index in [9.17, 15) is 9.59 Å². The first-order chi connectivity index (χ1) is 12.1. The molecular weight excluding hydrogens is 314 g/mol. The highest BCUT2D eigenvalue weighted by Crippen LogP contribution is 2.12. The van der Waals surface area contributed by atoms with Crippen molar-refractivity contribution in [3.8, 4) is 0 Å². The Morgan fingerprint density at radius 2 is 1.96 bits per heavy atom. The topological polar surface area (TPSA) is 55.2 Å². The molecule has 0 aliphatic rings. The Bertz CT molecular complexity index is 754. The van der Waals surface area contributed by atoms with Crippen molar-refractivity contribution in [2.45, 2.75) is 65.5 Å². The van der Waals surface area contributed by atoms with E-state index in [0.29, 0.717) is 5.52 Å². The number of carbonyl (C=O) groups is 1. The van der Waals surface area contributed by atoms with Crippen molar-refractivity contribution in [3.05, 3.63) is 40.8 Å². The van der Waals surface area contributed by atoms with Crippen LogP contribution >= 0.6 is 0 Å². The molecule has 0 fully saturated rings. The summed E-state index contributed by atoms with van der Waals surface area (Å²) in [6.45, 7) is 7.21. The fraction of sp³-hybridized carbons (Fsp3) is 0.550. The van der Waals surface area contributed by atoms with E-state index in [0.717, 1.165) is 44.2 Å². The van der Waals surface area contributed by atoms with Gasteiger partial charge in [0.15, 0.2) is 0 Å². The van der Waals surface area contributed by atoms with Crippen LogP contribution in [0.5, 0.6) is 0 Å². The molecule has 1 aromatic carbocycles. The maximum absolute atomic E-state index is 13.0. The summed E-state index contributed by atoms with van der Waals surface area (Å²) >= 11 is 0. The number of unbranched alkanes of at least 4 members (excludes halogenated alkanes) is 2. The Kier molecular flexibility index (Phi) is 7.16. The van der Waals surface area contributed by atoms with Crippen molar-refractivity contribution in [2.75, 3.05) is 6.54 Å². The normalized spacial score (nSPS) is 12.3. The molecule has 2 rings (SSSR count). The average Bonchev–Trinajstić information content (AvgIpc) is 2.61. The Hall–Kier alpha value is -2.17. The van der Waals surface area contributed by atoms with Crippen LogP contribution in [0.1, 0.15) is 52.9 Å². The van der Waals surface area contributed by atoms with Crippen LogP contribution in [0.2, 0.25) is 0 Å². The molecule has 2 aromatic rings. The summed E-state index contributed by atoms with van der Waals surface area (Å²) in [4.78, 5) is 31.3. The average molecular weight is 343 g/mol. The molecule has 1 aromatic heterocycles. The lowest BCUT2D eigenvalue weighted by Gasteiger charge is -2.29. The Morgan fingerprint density at radius 3 is 2.68 bits per heavy atom.